The summed E-state index contributed by atoms with van der Waals surface area (Å²) in [4.78, 5) is 23.6. The Morgan fingerprint density at radius 1 is 1.45 bits per heavy atom. The Kier molecular flexibility index (Phi) is 6.11. The van der Waals surface area contributed by atoms with Gasteiger partial charge in [-0.05, 0) is 24.6 Å². The van der Waals surface area contributed by atoms with E-state index in [0.717, 1.165) is 12.5 Å². The highest BCUT2D eigenvalue weighted by atomic mass is 19.1. The third kappa shape index (κ3) is 4.03. The first-order valence-electron chi connectivity index (χ1n) is 6.42. The lowest BCUT2D eigenvalue weighted by Crippen LogP contribution is -2.29. The van der Waals surface area contributed by atoms with Crippen molar-refractivity contribution in [3.8, 4) is 0 Å². The van der Waals surface area contributed by atoms with E-state index in [1.165, 1.54) is 19.2 Å². The number of hydrogen-bond donors (Lipinski definition) is 2. The summed E-state index contributed by atoms with van der Waals surface area (Å²) in [6.45, 7) is 2.17. The van der Waals surface area contributed by atoms with Crippen LogP contribution in [-0.2, 0) is 9.53 Å². The summed E-state index contributed by atoms with van der Waals surface area (Å²) in [5.41, 5.74) is 5.75. The molecule has 0 radical (unpaired) electrons. The van der Waals surface area contributed by atoms with E-state index in [4.69, 9.17) is 5.73 Å². The van der Waals surface area contributed by atoms with Crippen molar-refractivity contribution in [2.75, 3.05) is 19.0 Å². The van der Waals surface area contributed by atoms with E-state index in [2.05, 4.69) is 10.1 Å². The number of anilines is 1. The molecule has 0 heterocycles. The van der Waals surface area contributed by atoms with E-state index < -0.39 is 11.8 Å². The summed E-state index contributed by atoms with van der Waals surface area (Å²) in [7, 11) is 1.19. The number of methoxy groups -OCH3 is 1. The van der Waals surface area contributed by atoms with Gasteiger partial charge in [-0.2, -0.15) is 0 Å². The van der Waals surface area contributed by atoms with Crippen molar-refractivity contribution in [3.63, 3.8) is 0 Å². The second kappa shape index (κ2) is 7.59. The van der Waals surface area contributed by atoms with Crippen molar-refractivity contribution in [2.45, 2.75) is 19.8 Å². The number of amides is 1. The fraction of sp³-hybridized carbons (Fsp3) is 0.429. The number of hydrogen-bond acceptors (Lipinski definition) is 4. The number of halogens is 1. The van der Waals surface area contributed by atoms with Crippen molar-refractivity contribution in [3.05, 3.63) is 29.6 Å². The van der Waals surface area contributed by atoms with Crippen LogP contribution in [0.4, 0.5) is 10.1 Å². The average Bonchev–Trinajstić information content (AvgIpc) is 2.45. The Balaban J connectivity index is 2.96. The molecule has 3 N–H and O–H groups in total. The van der Waals surface area contributed by atoms with Gasteiger partial charge in [0.2, 0.25) is 5.91 Å². The highest BCUT2D eigenvalue weighted by Crippen LogP contribution is 2.19. The van der Waals surface area contributed by atoms with Crippen molar-refractivity contribution < 1.29 is 18.7 Å². The number of ether oxygens (including phenoxy) is 1. The van der Waals surface area contributed by atoms with Gasteiger partial charge < -0.3 is 15.8 Å². The lowest BCUT2D eigenvalue weighted by molar-refractivity contribution is -0.119. The van der Waals surface area contributed by atoms with Crippen LogP contribution in [0.2, 0.25) is 0 Å². The Bertz CT molecular complexity index is 491. The normalized spacial score (nSPS) is 11.8. The second-order valence-corrected chi connectivity index (χ2v) is 4.39. The smallest absolute Gasteiger partial charge is 0.340 e. The van der Waals surface area contributed by atoms with Gasteiger partial charge in [-0.1, -0.05) is 13.3 Å². The second-order valence-electron chi connectivity index (χ2n) is 4.39. The summed E-state index contributed by atoms with van der Waals surface area (Å²) in [6, 6.07) is 3.52. The van der Waals surface area contributed by atoms with Crippen LogP contribution in [0, 0.1) is 11.7 Å². The maximum absolute atomic E-state index is 13.2. The quantitative estimate of drug-likeness (QED) is 0.781. The van der Waals surface area contributed by atoms with Gasteiger partial charge in [0.25, 0.3) is 0 Å². The van der Waals surface area contributed by atoms with Crippen LogP contribution >= 0.6 is 0 Å². The number of nitrogens with one attached hydrogen (secondary N) is 1. The Morgan fingerprint density at radius 3 is 2.70 bits per heavy atom. The molecular formula is C14H19FN2O3. The number of carbonyl (C=O) groups is 2. The minimum absolute atomic E-state index is 0.0203. The molecule has 1 unspecified atom stereocenters. The molecule has 0 aliphatic heterocycles. The molecule has 5 nitrogen and oxygen atoms in total. The van der Waals surface area contributed by atoms with Gasteiger partial charge in [0, 0.05) is 6.54 Å². The fourth-order valence-corrected chi connectivity index (χ4v) is 1.84. The van der Waals surface area contributed by atoms with Crippen molar-refractivity contribution in [1.29, 1.82) is 0 Å². The predicted octanol–water partition coefficient (Wildman–Crippen LogP) is 1.93. The largest absolute Gasteiger partial charge is 0.465 e. The molecule has 0 aliphatic rings. The molecule has 110 valence electrons. The number of carbonyl (C=O) groups excluding carboxylic acids is 2. The molecule has 1 aromatic carbocycles. The molecule has 20 heavy (non-hydrogen) atoms. The van der Waals surface area contributed by atoms with Gasteiger partial charge in [0.1, 0.15) is 5.82 Å². The molecule has 0 saturated heterocycles. The van der Waals surface area contributed by atoms with E-state index in [1.54, 1.807) is 0 Å². The number of esters is 1. The maximum Gasteiger partial charge on any atom is 0.340 e. The van der Waals surface area contributed by atoms with E-state index in [-0.39, 0.29) is 29.6 Å². The van der Waals surface area contributed by atoms with Gasteiger partial charge >= 0.3 is 5.97 Å². The SMILES string of the molecule is CCCC(CN)C(=O)Nc1ccc(F)cc1C(=O)OC. The molecule has 1 rings (SSSR count). The van der Waals surface area contributed by atoms with Crippen LogP contribution in [-0.4, -0.2) is 25.5 Å². The van der Waals surface area contributed by atoms with Crippen LogP contribution in [0.15, 0.2) is 18.2 Å². The standard InChI is InChI=1S/C14H19FN2O3/c1-3-4-9(8-16)13(18)17-12-6-5-10(15)7-11(12)14(19)20-2/h5-7,9H,3-4,8,16H2,1-2H3,(H,17,18). The molecule has 0 aromatic heterocycles. The van der Waals surface area contributed by atoms with Crippen LogP contribution < -0.4 is 11.1 Å². The first-order valence-corrected chi connectivity index (χ1v) is 6.42. The minimum Gasteiger partial charge on any atom is -0.465 e. The summed E-state index contributed by atoms with van der Waals surface area (Å²) >= 11 is 0. The third-order valence-corrected chi connectivity index (χ3v) is 2.94. The highest BCUT2D eigenvalue weighted by molar-refractivity contribution is 6.01. The van der Waals surface area contributed by atoms with Crippen molar-refractivity contribution >= 4 is 17.6 Å². The molecular weight excluding hydrogens is 263 g/mol. The zero-order valence-corrected chi connectivity index (χ0v) is 11.6. The molecule has 1 aromatic rings. The van der Waals surface area contributed by atoms with Crippen LogP contribution in [0.5, 0.6) is 0 Å². The van der Waals surface area contributed by atoms with Crippen molar-refractivity contribution in [1.82, 2.24) is 0 Å². The van der Waals surface area contributed by atoms with E-state index in [1.807, 2.05) is 6.92 Å². The van der Waals surface area contributed by atoms with Gasteiger partial charge in [-0.25, -0.2) is 9.18 Å². The zero-order valence-electron chi connectivity index (χ0n) is 11.6. The minimum atomic E-state index is -0.709. The lowest BCUT2D eigenvalue weighted by Gasteiger charge is -2.15. The molecule has 1 amide bonds. The van der Waals surface area contributed by atoms with Gasteiger partial charge in [-0.15, -0.1) is 0 Å². The van der Waals surface area contributed by atoms with Crippen LogP contribution in [0.3, 0.4) is 0 Å². The van der Waals surface area contributed by atoms with Crippen LogP contribution in [0.1, 0.15) is 30.1 Å². The topological polar surface area (TPSA) is 81.4 Å². The maximum atomic E-state index is 13.2. The monoisotopic (exact) mass is 282 g/mol. The van der Waals surface area contributed by atoms with Gasteiger partial charge in [0.15, 0.2) is 0 Å². The zero-order chi connectivity index (χ0) is 15.1. The average molecular weight is 282 g/mol. The molecule has 1 atom stereocenters. The highest BCUT2D eigenvalue weighted by Gasteiger charge is 2.19. The van der Waals surface area contributed by atoms with Crippen molar-refractivity contribution in [2.24, 2.45) is 11.7 Å². The van der Waals surface area contributed by atoms with Gasteiger partial charge in [0.05, 0.1) is 24.3 Å². The first kappa shape index (κ1) is 16.1. The van der Waals surface area contributed by atoms with Crippen LogP contribution in [0.25, 0.3) is 0 Å². The molecule has 0 aliphatic carbocycles. The molecule has 0 fully saturated rings. The molecule has 0 bridgehead atoms. The summed E-state index contributed by atoms with van der Waals surface area (Å²) in [5, 5.41) is 2.60. The third-order valence-electron chi connectivity index (χ3n) is 2.94. The Hall–Kier alpha value is -1.95. The molecule has 0 saturated carbocycles. The van der Waals surface area contributed by atoms with E-state index in [9.17, 15) is 14.0 Å². The lowest BCUT2D eigenvalue weighted by atomic mass is 10.0. The summed E-state index contributed by atoms with van der Waals surface area (Å²) in [6.07, 6.45) is 1.47. The Labute approximate surface area is 117 Å². The van der Waals surface area contributed by atoms with Gasteiger partial charge in [-0.3, -0.25) is 4.79 Å². The number of rotatable bonds is 6. The number of benzene rings is 1. The summed E-state index contributed by atoms with van der Waals surface area (Å²) < 4.78 is 17.8. The molecule has 6 heteroatoms. The fourth-order valence-electron chi connectivity index (χ4n) is 1.84. The summed E-state index contributed by atoms with van der Waals surface area (Å²) in [5.74, 6) is -1.91. The number of nitrogens with two attached hydrogens (primary N) is 1. The Morgan fingerprint density at radius 2 is 2.15 bits per heavy atom. The van der Waals surface area contributed by atoms with E-state index in [0.29, 0.717) is 6.42 Å². The molecule has 0 spiro atoms. The van der Waals surface area contributed by atoms with E-state index >= 15 is 0 Å². The predicted molar refractivity (Wildman–Crippen MR) is 73.8 cm³/mol. The first-order chi connectivity index (χ1) is 9.53.